The van der Waals surface area contributed by atoms with E-state index in [1.54, 1.807) is 16.2 Å². The standard InChI is InChI=1S/C24H23N3O3S3/c28-22(25-12-18-6-4-10-32-18)15-26-13-16(19-7-1-2-8-20(19)26)11-21-23(29)27(24(31)33-21)14-17-5-3-9-30-17/h1-2,4,6-8,10-11,13,17H,3,5,9,12,14-15H2,(H,25,28)/b21-11-/t17-/m0/s1. The summed E-state index contributed by atoms with van der Waals surface area (Å²) >= 11 is 8.43. The number of thioether (sulfide) groups is 1. The van der Waals surface area contributed by atoms with E-state index in [-0.39, 0.29) is 24.5 Å². The molecule has 1 N–H and O–H groups in total. The van der Waals surface area contributed by atoms with Crippen molar-refractivity contribution in [1.82, 2.24) is 14.8 Å². The Balaban J connectivity index is 1.35. The molecule has 9 heteroatoms. The zero-order chi connectivity index (χ0) is 22.8. The lowest BCUT2D eigenvalue weighted by Crippen LogP contribution is -2.35. The molecule has 33 heavy (non-hydrogen) atoms. The average Bonchev–Trinajstić information content (AvgIpc) is 3.61. The quantitative estimate of drug-likeness (QED) is 0.387. The first kappa shape index (κ1) is 22.3. The molecule has 1 aromatic carbocycles. The number of thiocarbonyl (C=S) groups is 1. The van der Waals surface area contributed by atoms with Gasteiger partial charge in [-0.1, -0.05) is 48.2 Å². The van der Waals surface area contributed by atoms with Crippen molar-refractivity contribution < 1.29 is 14.3 Å². The Kier molecular flexibility index (Phi) is 6.64. The van der Waals surface area contributed by atoms with E-state index in [1.807, 2.05) is 58.6 Å². The average molecular weight is 498 g/mol. The minimum atomic E-state index is -0.0778. The van der Waals surface area contributed by atoms with E-state index in [0.29, 0.717) is 22.3 Å². The third-order valence-corrected chi connectivity index (χ3v) is 8.00. The van der Waals surface area contributed by atoms with Crippen molar-refractivity contribution in [3.63, 3.8) is 0 Å². The number of ether oxygens (including phenoxy) is 1. The van der Waals surface area contributed by atoms with Crippen LogP contribution < -0.4 is 5.32 Å². The summed E-state index contributed by atoms with van der Waals surface area (Å²) in [7, 11) is 0. The third kappa shape index (κ3) is 4.91. The summed E-state index contributed by atoms with van der Waals surface area (Å²) in [5.41, 5.74) is 1.85. The van der Waals surface area contributed by atoms with Crippen LogP contribution in [0.1, 0.15) is 23.3 Å². The van der Waals surface area contributed by atoms with Crippen LogP contribution >= 0.6 is 35.3 Å². The number of nitrogens with one attached hydrogen (secondary N) is 1. The van der Waals surface area contributed by atoms with Gasteiger partial charge in [0.2, 0.25) is 5.91 Å². The molecule has 4 heterocycles. The SMILES string of the molecule is O=C(Cn1cc(/C=C2\SC(=S)N(C[C@@H]3CCCO3)C2=O)c2ccccc21)NCc1cccs1. The van der Waals surface area contributed by atoms with E-state index in [4.69, 9.17) is 17.0 Å². The van der Waals surface area contributed by atoms with Crippen LogP contribution in [0.15, 0.2) is 52.9 Å². The molecular weight excluding hydrogens is 474 g/mol. The molecule has 1 atom stereocenters. The van der Waals surface area contributed by atoms with Crippen molar-refractivity contribution in [3.8, 4) is 0 Å². The van der Waals surface area contributed by atoms with Crippen LogP contribution in [0.25, 0.3) is 17.0 Å². The number of hydrogen-bond donors (Lipinski definition) is 1. The highest BCUT2D eigenvalue weighted by Gasteiger charge is 2.34. The van der Waals surface area contributed by atoms with E-state index >= 15 is 0 Å². The van der Waals surface area contributed by atoms with E-state index < -0.39 is 0 Å². The molecule has 2 saturated heterocycles. The van der Waals surface area contributed by atoms with Crippen LogP contribution in [0.3, 0.4) is 0 Å². The van der Waals surface area contributed by atoms with Gasteiger partial charge in [0.1, 0.15) is 10.9 Å². The molecule has 2 amide bonds. The number of carbonyl (C=O) groups excluding carboxylic acids is 2. The van der Waals surface area contributed by atoms with Crippen LogP contribution in [0.5, 0.6) is 0 Å². The molecule has 2 aliphatic rings. The fourth-order valence-corrected chi connectivity index (χ4v) is 6.03. The lowest BCUT2D eigenvalue weighted by molar-refractivity contribution is -0.123. The predicted molar refractivity (Wildman–Crippen MR) is 137 cm³/mol. The van der Waals surface area contributed by atoms with Crippen molar-refractivity contribution in [2.75, 3.05) is 13.2 Å². The Morgan fingerprint density at radius 1 is 1.27 bits per heavy atom. The van der Waals surface area contributed by atoms with Gasteiger partial charge in [-0.05, 0) is 36.4 Å². The van der Waals surface area contributed by atoms with Crippen LogP contribution in [-0.2, 0) is 27.4 Å². The van der Waals surface area contributed by atoms with Crippen LogP contribution in [0.4, 0.5) is 0 Å². The highest BCUT2D eigenvalue weighted by Crippen LogP contribution is 2.35. The maximum atomic E-state index is 13.1. The molecule has 170 valence electrons. The molecule has 3 aromatic rings. The van der Waals surface area contributed by atoms with Gasteiger partial charge in [0.25, 0.3) is 5.91 Å². The van der Waals surface area contributed by atoms with Gasteiger partial charge in [-0.3, -0.25) is 14.5 Å². The first-order chi connectivity index (χ1) is 16.1. The van der Waals surface area contributed by atoms with Gasteiger partial charge in [-0.2, -0.15) is 0 Å². The molecule has 2 aliphatic heterocycles. The molecule has 2 aromatic heterocycles. The second-order valence-corrected chi connectivity index (χ2v) is 10.7. The Morgan fingerprint density at radius 2 is 2.15 bits per heavy atom. The van der Waals surface area contributed by atoms with Crippen LogP contribution in [-0.4, -0.2) is 44.9 Å². The minimum Gasteiger partial charge on any atom is -0.376 e. The summed E-state index contributed by atoms with van der Waals surface area (Å²) in [6.45, 7) is 1.99. The highest BCUT2D eigenvalue weighted by molar-refractivity contribution is 8.26. The maximum absolute atomic E-state index is 13.1. The summed E-state index contributed by atoms with van der Waals surface area (Å²) in [5, 5.41) is 5.97. The summed E-state index contributed by atoms with van der Waals surface area (Å²) in [5.74, 6) is -0.135. The number of fused-ring (bicyclic) bond motifs is 1. The van der Waals surface area contributed by atoms with Crippen molar-refractivity contribution >= 4 is 68.4 Å². The lowest BCUT2D eigenvalue weighted by Gasteiger charge is -2.18. The van der Waals surface area contributed by atoms with E-state index in [0.717, 1.165) is 40.8 Å². The number of aromatic nitrogens is 1. The normalized spacial score (nSPS) is 19.8. The van der Waals surface area contributed by atoms with E-state index in [1.165, 1.54) is 11.8 Å². The number of para-hydroxylation sites is 1. The second kappa shape index (κ2) is 9.80. The Hall–Kier alpha value is -2.46. The topological polar surface area (TPSA) is 63.6 Å². The molecule has 6 nitrogen and oxygen atoms in total. The molecule has 2 fully saturated rings. The molecule has 5 rings (SSSR count). The zero-order valence-corrected chi connectivity index (χ0v) is 20.3. The number of rotatable bonds is 7. The highest BCUT2D eigenvalue weighted by atomic mass is 32.2. The maximum Gasteiger partial charge on any atom is 0.266 e. The Bertz CT molecular complexity index is 1230. The molecule has 0 saturated carbocycles. The monoisotopic (exact) mass is 497 g/mol. The summed E-state index contributed by atoms with van der Waals surface area (Å²) in [4.78, 5) is 29.0. The first-order valence-corrected chi connectivity index (χ1v) is 12.9. The van der Waals surface area contributed by atoms with Crippen molar-refractivity contribution in [2.45, 2.75) is 32.0 Å². The van der Waals surface area contributed by atoms with E-state index in [9.17, 15) is 9.59 Å². The van der Waals surface area contributed by atoms with Crippen molar-refractivity contribution in [2.24, 2.45) is 0 Å². The van der Waals surface area contributed by atoms with E-state index in [2.05, 4.69) is 5.32 Å². The Labute approximate surface area is 205 Å². The molecule has 0 unspecified atom stereocenters. The van der Waals surface area contributed by atoms with Gasteiger partial charge in [0.05, 0.1) is 24.1 Å². The van der Waals surface area contributed by atoms with Gasteiger partial charge in [0, 0.05) is 34.1 Å². The van der Waals surface area contributed by atoms with Gasteiger partial charge < -0.3 is 14.6 Å². The number of hydrogen-bond acceptors (Lipinski definition) is 6. The zero-order valence-electron chi connectivity index (χ0n) is 17.9. The fourth-order valence-electron chi connectivity index (χ4n) is 4.12. The smallest absolute Gasteiger partial charge is 0.266 e. The largest absolute Gasteiger partial charge is 0.376 e. The van der Waals surface area contributed by atoms with Crippen LogP contribution in [0, 0.1) is 0 Å². The van der Waals surface area contributed by atoms with Crippen LogP contribution in [0.2, 0.25) is 0 Å². The second-order valence-electron chi connectivity index (χ2n) is 8.01. The number of thiophene rings is 1. The lowest BCUT2D eigenvalue weighted by atomic mass is 10.1. The fraction of sp³-hybridized carbons (Fsp3) is 0.292. The number of benzene rings is 1. The van der Waals surface area contributed by atoms with Gasteiger partial charge in [-0.15, -0.1) is 11.3 Å². The summed E-state index contributed by atoms with van der Waals surface area (Å²) in [6.07, 6.45) is 5.86. The van der Waals surface area contributed by atoms with Crippen molar-refractivity contribution in [1.29, 1.82) is 0 Å². The molecule has 0 bridgehead atoms. The summed E-state index contributed by atoms with van der Waals surface area (Å²) in [6, 6.07) is 11.9. The number of nitrogens with zero attached hydrogens (tertiary/aromatic N) is 2. The molecular formula is C24H23N3O3S3. The first-order valence-electron chi connectivity index (χ1n) is 10.8. The summed E-state index contributed by atoms with van der Waals surface area (Å²) < 4.78 is 8.18. The third-order valence-electron chi connectivity index (χ3n) is 5.74. The minimum absolute atomic E-state index is 0.0569. The molecule has 0 radical (unpaired) electrons. The Morgan fingerprint density at radius 3 is 2.94 bits per heavy atom. The molecule has 0 aliphatic carbocycles. The van der Waals surface area contributed by atoms with Gasteiger partial charge in [0.15, 0.2) is 0 Å². The van der Waals surface area contributed by atoms with Crippen molar-refractivity contribution in [3.05, 3.63) is 63.3 Å². The molecule has 0 spiro atoms. The predicted octanol–water partition coefficient (Wildman–Crippen LogP) is 4.40. The number of carbonyl (C=O) groups is 2. The van der Waals surface area contributed by atoms with Gasteiger partial charge in [-0.25, -0.2) is 0 Å². The number of amides is 2. The van der Waals surface area contributed by atoms with Gasteiger partial charge >= 0.3 is 0 Å².